The summed E-state index contributed by atoms with van der Waals surface area (Å²) >= 11 is 0. The van der Waals surface area contributed by atoms with Gasteiger partial charge in [-0.3, -0.25) is 4.98 Å². The molecule has 0 fully saturated rings. The molecule has 2 aromatic carbocycles. The van der Waals surface area contributed by atoms with Crippen LogP contribution in [0, 0.1) is 13.8 Å². The van der Waals surface area contributed by atoms with Crippen molar-refractivity contribution in [3.63, 3.8) is 0 Å². The van der Waals surface area contributed by atoms with Crippen LogP contribution in [-0.2, 0) is 0 Å². The Morgan fingerprint density at radius 3 is 2.52 bits per heavy atom. The first-order valence-corrected chi connectivity index (χ1v) is 7.29. The summed E-state index contributed by atoms with van der Waals surface area (Å²) in [6.07, 6.45) is 1.90. The fourth-order valence-electron chi connectivity index (χ4n) is 2.93. The standard InChI is InChI=1S/C19H20N2/c1-13-7-6-9-15(14(13)2)19(20-3)17-11-12-21-18-10-5-4-8-16(17)18/h4-12,19-20H,1-3H3. The highest BCUT2D eigenvalue weighted by atomic mass is 14.9. The molecule has 21 heavy (non-hydrogen) atoms. The average molecular weight is 276 g/mol. The van der Waals surface area contributed by atoms with Gasteiger partial charge in [-0.05, 0) is 55.3 Å². The molecular formula is C19H20N2. The third-order valence-electron chi connectivity index (χ3n) is 4.24. The molecule has 2 nitrogen and oxygen atoms in total. The predicted octanol–water partition coefficient (Wildman–Crippen LogP) is 4.16. The molecule has 0 saturated carbocycles. The van der Waals surface area contributed by atoms with Crippen LogP contribution in [0.5, 0.6) is 0 Å². The molecule has 2 heteroatoms. The second kappa shape index (κ2) is 5.66. The van der Waals surface area contributed by atoms with Gasteiger partial charge in [0, 0.05) is 11.6 Å². The Kier molecular flexibility index (Phi) is 3.72. The van der Waals surface area contributed by atoms with Gasteiger partial charge in [-0.2, -0.15) is 0 Å². The number of fused-ring (bicyclic) bond motifs is 1. The van der Waals surface area contributed by atoms with E-state index in [1.807, 2.05) is 19.3 Å². The summed E-state index contributed by atoms with van der Waals surface area (Å²) < 4.78 is 0. The smallest absolute Gasteiger partial charge is 0.0705 e. The lowest BCUT2D eigenvalue weighted by molar-refractivity contribution is 0.691. The number of benzene rings is 2. The molecule has 0 aliphatic rings. The molecule has 3 aromatic rings. The van der Waals surface area contributed by atoms with Crippen molar-refractivity contribution in [2.75, 3.05) is 7.05 Å². The molecular weight excluding hydrogens is 256 g/mol. The van der Waals surface area contributed by atoms with Crippen molar-refractivity contribution in [3.8, 4) is 0 Å². The number of aromatic nitrogens is 1. The number of hydrogen-bond donors (Lipinski definition) is 1. The van der Waals surface area contributed by atoms with Gasteiger partial charge in [-0.15, -0.1) is 0 Å². The van der Waals surface area contributed by atoms with Crippen molar-refractivity contribution in [1.82, 2.24) is 10.3 Å². The fraction of sp³-hybridized carbons (Fsp3) is 0.211. The molecule has 1 heterocycles. The number of nitrogens with one attached hydrogen (secondary N) is 1. The first-order chi connectivity index (χ1) is 10.2. The van der Waals surface area contributed by atoms with Gasteiger partial charge < -0.3 is 5.32 Å². The van der Waals surface area contributed by atoms with E-state index in [2.05, 4.69) is 66.6 Å². The van der Waals surface area contributed by atoms with Crippen LogP contribution in [0.25, 0.3) is 10.9 Å². The van der Waals surface area contributed by atoms with Crippen molar-refractivity contribution in [2.24, 2.45) is 0 Å². The number of rotatable bonds is 3. The van der Waals surface area contributed by atoms with Crippen LogP contribution in [0.2, 0.25) is 0 Å². The predicted molar refractivity (Wildman–Crippen MR) is 88.6 cm³/mol. The van der Waals surface area contributed by atoms with Gasteiger partial charge in [0.25, 0.3) is 0 Å². The van der Waals surface area contributed by atoms with Crippen molar-refractivity contribution in [3.05, 3.63) is 77.0 Å². The van der Waals surface area contributed by atoms with E-state index in [-0.39, 0.29) is 6.04 Å². The van der Waals surface area contributed by atoms with E-state index in [4.69, 9.17) is 0 Å². The first kappa shape index (κ1) is 13.8. The highest BCUT2D eigenvalue weighted by Gasteiger charge is 2.17. The maximum absolute atomic E-state index is 4.46. The van der Waals surface area contributed by atoms with E-state index in [0.717, 1.165) is 5.52 Å². The van der Waals surface area contributed by atoms with Crippen molar-refractivity contribution in [1.29, 1.82) is 0 Å². The zero-order valence-corrected chi connectivity index (χ0v) is 12.7. The molecule has 0 saturated heterocycles. The van der Waals surface area contributed by atoms with Gasteiger partial charge in [0.15, 0.2) is 0 Å². The van der Waals surface area contributed by atoms with E-state index in [1.54, 1.807) is 0 Å². The SMILES string of the molecule is CNC(c1cccc(C)c1C)c1ccnc2ccccc12. The summed E-state index contributed by atoms with van der Waals surface area (Å²) in [7, 11) is 2.02. The fourth-order valence-corrected chi connectivity index (χ4v) is 2.93. The maximum Gasteiger partial charge on any atom is 0.0705 e. The molecule has 0 aliphatic carbocycles. The summed E-state index contributed by atoms with van der Waals surface area (Å²) in [5, 5.41) is 4.68. The molecule has 1 N–H and O–H groups in total. The number of pyridine rings is 1. The third-order valence-corrected chi connectivity index (χ3v) is 4.24. The largest absolute Gasteiger partial charge is 0.309 e. The van der Waals surface area contributed by atoms with Gasteiger partial charge in [-0.1, -0.05) is 36.4 Å². The van der Waals surface area contributed by atoms with Crippen LogP contribution in [0.4, 0.5) is 0 Å². The van der Waals surface area contributed by atoms with Gasteiger partial charge in [0.2, 0.25) is 0 Å². The van der Waals surface area contributed by atoms with E-state index >= 15 is 0 Å². The second-order valence-electron chi connectivity index (χ2n) is 5.43. The number of hydrogen-bond acceptors (Lipinski definition) is 2. The lowest BCUT2D eigenvalue weighted by atomic mass is 9.91. The summed E-state index contributed by atoms with van der Waals surface area (Å²) in [5.41, 5.74) is 6.31. The number of nitrogens with zero attached hydrogens (tertiary/aromatic N) is 1. The highest BCUT2D eigenvalue weighted by molar-refractivity contribution is 5.82. The van der Waals surface area contributed by atoms with E-state index in [0.29, 0.717) is 0 Å². The molecule has 0 bridgehead atoms. The topological polar surface area (TPSA) is 24.9 Å². The number of para-hydroxylation sites is 1. The lowest BCUT2D eigenvalue weighted by Crippen LogP contribution is -2.19. The minimum Gasteiger partial charge on any atom is -0.309 e. The Labute approximate surface area is 125 Å². The highest BCUT2D eigenvalue weighted by Crippen LogP contribution is 2.30. The van der Waals surface area contributed by atoms with Crippen LogP contribution in [0.3, 0.4) is 0 Å². The lowest BCUT2D eigenvalue weighted by Gasteiger charge is -2.22. The van der Waals surface area contributed by atoms with Gasteiger partial charge in [0.1, 0.15) is 0 Å². The van der Waals surface area contributed by atoms with E-state index < -0.39 is 0 Å². The van der Waals surface area contributed by atoms with Crippen LogP contribution in [0.15, 0.2) is 54.7 Å². The molecule has 106 valence electrons. The summed E-state index contributed by atoms with van der Waals surface area (Å²) in [6, 6.07) is 17.1. The Morgan fingerprint density at radius 2 is 1.71 bits per heavy atom. The Morgan fingerprint density at radius 1 is 0.905 bits per heavy atom. The van der Waals surface area contributed by atoms with Gasteiger partial charge in [-0.25, -0.2) is 0 Å². The van der Waals surface area contributed by atoms with E-state index in [1.165, 1.54) is 27.6 Å². The first-order valence-electron chi connectivity index (χ1n) is 7.29. The van der Waals surface area contributed by atoms with Crippen LogP contribution in [0.1, 0.15) is 28.3 Å². The van der Waals surface area contributed by atoms with Crippen LogP contribution >= 0.6 is 0 Å². The third kappa shape index (κ3) is 2.43. The monoisotopic (exact) mass is 276 g/mol. The van der Waals surface area contributed by atoms with Gasteiger partial charge in [0.05, 0.1) is 11.6 Å². The van der Waals surface area contributed by atoms with Crippen LogP contribution < -0.4 is 5.32 Å². The molecule has 1 aromatic heterocycles. The van der Waals surface area contributed by atoms with Crippen molar-refractivity contribution < 1.29 is 0 Å². The van der Waals surface area contributed by atoms with Crippen LogP contribution in [-0.4, -0.2) is 12.0 Å². The molecule has 3 rings (SSSR count). The van der Waals surface area contributed by atoms with E-state index in [9.17, 15) is 0 Å². The quantitative estimate of drug-likeness (QED) is 0.777. The molecule has 0 spiro atoms. The molecule has 1 unspecified atom stereocenters. The molecule has 0 radical (unpaired) electrons. The summed E-state index contributed by atoms with van der Waals surface area (Å²) in [4.78, 5) is 4.46. The Hall–Kier alpha value is -2.19. The normalized spacial score (nSPS) is 12.5. The summed E-state index contributed by atoms with van der Waals surface area (Å²) in [6.45, 7) is 4.36. The zero-order chi connectivity index (χ0) is 14.8. The molecule has 0 aliphatic heterocycles. The Balaban J connectivity index is 2.21. The maximum atomic E-state index is 4.46. The minimum atomic E-state index is 0.179. The summed E-state index contributed by atoms with van der Waals surface area (Å²) in [5.74, 6) is 0. The molecule has 1 atom stereocenters. The zero-order valence-electron chi connectivity index (χ0n) is 12.7. The average Bonchev–Trinajstić information content (AvgIpc) is 2.52. The number of aryl methyl sites for hydroxylation is 1. The van der Waals surface area contributed by atoms with Crippen molar-refractivity contribution >= 4 is 10.9 Å². The van der Waals surface area contributed by atoms with Gasteiger partial charge >= 0.3 is 0 Å². The Bertz CT molecular complexity index is 772. The molecule has 0 amide bonds. The van der Waals surface area contributed by atoms with Crippen molar-refractivity contribution in [2.45, 2.75) is 19.9 Å². The minimum absolute atomic E-state index is 0.179. The second-order valence-corrected chi connectivity index (χ2v) is 5.43.